The maximum Gasteiger partial charge on any atom is 0.330 e. The molecule has 1 unspecified atom stereocenters. The van der Waals surface area contributed by atoms with Gasteiger partial charge in [0.2, 0.25) is 0 Å². The highest BCUT2D eigenvalue weighted by Gasteiger charge is 2.34. The van der Waals surface area contributed by atoms with Gasteiger partial charge in [-0.25, -0.2) is 9.48 Å². The number of hydrogen-bond donors (Lipinski definition) is 0. The van der Waals surface area contributed by atoms with E-state index < -0.39 is 0 Å². The maximum absolute atomic E-state index is 13.6. The highest BCUT2D eigenvalue weighted by atomic mass is 35.5. The molecule has 36 heavy (non-hydrogen) atoms. The number of carbonyl (C=O) groups excluding carboxylic acids is 2. The van der Waals surface area contributed by atoms with Crippen molar-refractivity contribution in [3.8, 4) is 5.75 Å². The molecule has 3 amide bonds. The molecule has 0 N–H and O–H groups in total. The van der Waals surface area contributed by atoms with Crippen molar-refractivity contribution in [2.24, 2.45) is 0 Å². The Kier molecular flexibility index (Phi) is 6.64. The van der Waals surface area contributed by atoms with Crippen LogP contribution >= 0.6 is 23.2 Å². The summed E-state index contributed by atoms with van der Waals surface area (Å²) in [5.74, 6) is 1.24. The number of nitrogens with zero attached hydrogens (tertiary/aromatic N) is 5. The van der Waals surface area contributed by atoms with Gasteiger partial charge in [-0.1, -0.05) is 35.3 Å². The smallest absolute Gasteiger partial charge is 0.330 e. The molecule has 0 saturated carbocycles. The van der Waals surface area contributed by atoms with Crippen LogP contribution in [0.25, 0.3) is 0 Å². The molecule has 0 aliphatic carbocycles. The molecule has 8 nitrogen and oxygen atoms in total. The summed E-state index contributed by atoms with van der Waals surface area (Å²) in [5.41, 5.74) is 2.28. The summed E-state index contributed by atoms with van der Waals surface area (Å²) in [5, 5.41) is 5.43. The van der Waals surface area contributed by atoms with Crippen molar-refractivity contribution in [2.75, 3.05) is 38.2 Å². The minimum Gasteiger partial charge on any atom is -0.497 e. The molecule has 0 spiro atoms. The second kappa shape index (κ2) is 9.87. The first-order chi connectivity index (χ1) is 17.4. The second-order valence-corrected chi connectivity index (χ2v) is 9.50. The van der Waals surface area contributed by atoms with Gasteiger partial charge in [0.05, 0.1) is 29.4 Å². The van der Waals surface area contributed by atoms with Gasteiger partial charge in [-0.05, 0) is 48.9 Å². The van der Waals surface area contributed by atoms with Crippen LogP contribution in [0.4, 0.5) is 10.6 Å². The third-order valence-corrected chi connectivity index (χ3v) is 7.26. The number of piperazine rings is 1. The Morgan fingerprint density at radius 1 is 0.972 bits per heavy atom. The van der Waals surface area contributed by atoms with Gasteiger partial charge in [0.1, 0.15) is 11.6 Å². The number of allylic oxidation sites excluding steroid dienone is 2. The SMILES string of the molecule is COc1cccc(C(=O)N2CCN(C(=O)N3C(C)=CC(c4ccc(Cl)c(Cl)c4)n4nccc43)CC2)c1. The first-order valence-corrected chi connectivity index (χ1v) is 12.3. The normalized spacial score (nSPS) is 17.5. The van der Waals surface area contributed by atoms with Gasteiger partial charge in [0.25, 0.3) is 5.91 Å². The number of rotatable bonds is 3. The van der Waals surface area contributed by atoms with E-state index in [1.54, 1.807) is 63.0 Å². The highest BCUT2D eigenvalue weighted by molar-refractivity contribution is 6.42. The van der Waals surface area contributed by atoms with Crippen molar-refractivity contribution in [1.29, 1.82) is 0 Å². The molecule has 1 saturated heterocycles. The van der Waals surface area contributed by atoms with Crippen LogP contribution in [0.1, 0.15) is 28.9 Å². The number of methoxy groups -OCH3 is 1. The predicted octanol–water partition coefficient (Wildman–Crippen LogP) is 5.09. The molecule has 1 atom stereocenters. The van der Waals surface area contributed by atoms with Crippen molar-refractivity contribution in [2.45, 2.75) is 13.0 Å². The standard InChI is InChI=1S/C26H25Cl2N5O3/c1-17-14-23(18-6-7-21(27)22(28)16-18)33-24(8-9-29-33)32(17)26(35)31-12-10-30(11-13-31)25(34)19-4-3-5-20(15-19)36-2/h3-9,14-16,23H,10-13H2,1-2H3. The molecule has 2 aliphatic heterocycles. The lowest BCUT2D eigenvalue weighted by Crippen LogP contribution is -2.54. The largest absolute Gasteiger partial charge is 0.497 e. The minimum atomic E-state index is -0.217. The Balaban J connectivity index is 1.31. The summed E-state index contributed by atoms with van der Waals surface area (Å²) in [7, 11) is 1.57. The van der Waals surface area contributed by atoms with Gasteiger partial charge in [0.15, 0.2) is 0 Å². The zero-order valence-electron chi connectivity index (χ0n) is 19.9. The Labute approximate surface area is 219 Å². The summed E-state index contributed by atoms with van der Waals surface area (Å²) in [6.07, 6.45) is 3.66. The van der Waals surface area contributed by atoms with Crippen molar-refractivity contribution >= 4 is 41.0 Å². The molecule has 0 bridgehead atoms. The van der Waals surface area contributed by atoms with Crippen LogP contribution in [0.3, 0.4) is 0 Å². The molecular weight excluding hydrogens is 501 g/mol. The molecule has 5 rings (SSSR count). The quantitative estimate of drug-likeness (QED) is 0.477. The Bertz CT molecular complexity index is 1350. The average Bonchev–Trinajstić information content (AvgIpc) is 3.39. The van der Waals surface area contributed by atoms with E-state index in [-0.39, 0.29) is 18.0 Å². The van der Waals surface area contributed by atoms with E-state index in [2.05, 4.69) is 5.10 Å². The highest BCUT2D eigenvalue weighted by Crippen LogP contribution is 2.36. The number of anilines is 1. The van der Waals surface area contributed by atoms with Crippen molar-refractivity contribution in [3.05, 3.63) is 87.7 Å². The van der Waals surface area contributed by atoms with E-state index in [0.717, 1.165) is 11.3 Å². The van der Waals surface area contributed by atoms with Gasteiger partial charge in [-0.2, -0.15) is 5.10 Å². The Morgan fingerprint density at radius 3 is 2.44 bits per heavy atom. The summed E-state index contributed by atoms with van der Waals surface area (Å²) in [6.45, 7) is 3.67. The van der Waals surface area contributed by atoms with Crippen LogP contribution in [0.15, 0.2) is 66.5 Å². The van der Waals surface area contributed by atoms with Crippen LogP contribution in [0.5, 0.6) is 5.75 Å². The van der Waals surface area contributed by atoms with Crippen molar-refractivity contribution in [3.63, 3.8) is 0 Å². The molecule has 1 aromatic heterocycles. The molecule has 2 aliphatic rings. The van der Waals surface area contributed by atoms with Crippen molar-refractivity contribution in [1.82, 2.24) is 19.6 Å². The van der Waals surface area contributed by atoms with Crippen molar-refractivity contribution < 1.29 is 14.3 Å². The summed E-state index contributed by atoms with van der Waals surface area (Å²) in [4.78, 5) is 31.8. The lowest BCUT2D eigenvalue weighted by Gasteiger charge is -2.39. The van der Waals surface area contributed by atoms with E-state index in [1.165, 1.54) is 0 Å². The number of halogens is 2. The van der Waals surface area contributed by atoms with Crippen LogP contribution in [-0.2, 0) is 0 Å². The third-order valence-electron chi connectivity index (χ3n) is 6.52. The van der Waals surface area contributed by atoms with E-state index >= 15 is 0 Å². The summed E-state index contributed by atoms with van der Waals surface area (Å²) >= 11 is 12.3. The lowest BCUT2D eigenvalue weighted by molar-refractivity contribution is 0.0668. The number of ether oxygens (including phenoxy) is 1. The number of carbonyl (C=O) groups is 2. The minimum absolute atomic E-state index is 0.0717. The van der Waals surface area contributed by atoms with Crippen LogP contribution in [0, 0.1) is 0 Å². The fraction of sp³-hybridized carbons (Fsp3) is 0.269. The predicted molar refractivity (Wildman–Crippen MR) is 139 cm³/mol. The van der Waals surface area contributed by atoms with E-state index in [9.17, 15) is 9.59 Å². The number of amides is 3. The summed E-state index contributed by atoms with van der Waals surface area (Å²) in [6, 6.07) is 14.0. The number of hydrogen-bond acceptors (Lipinski definition) is 4. The molecule has 186 valence electrons. The second-order valence-electron chi connectivity index (χ2n) is 8.69. The van der Waals surface area contributed by atoms with E-state index in [0.29, 0.717) is 53.4 Å². The molecule has 2 aromatic carbocycles. The number of fused-ring (bicyclic) bond motifs is 1. The first-order valence-electron chi connectivity index (χ1n) is 11.6. The Morgan fingerprint density at radius 2 is 1.72 bits per heavy atom. The first kappa shape index (κ1) is 24.2. The lowest BCUT2D eigenvalue weighted by atomic mass is 10.0. The zero-order chi connectivity index (χ0) is 25.4. The zero-order valence-corrected chi connectivity index (χ0v) is 21.4. The van der Waals surface area contributed by atoms with Crippen LogP contribution in [0.2, 0.25) is 10.0 Å². The van der Waals surface area contributed by atoms with Crippen LogP contribution in [-0.4, -0.2) is 64.8 Å². The average molecular weight is 526 g/mol. The van der Waals surface area contributed by atoms with Gasteiger partial charge in [0, 0.05) is 43.5 Å². The molecule has 10 heteroatoms. The fourth-order valence-electron chi connectivity index (χ4n) is 4.62. The number of benzene rings is 2. The number of urea groups is 1. The fourth-order valence-corrected chi connectivity index (χ4v) is 4.92. The maximum atomic E-state index is 13.6. The monoisotopic (exact) mass is 525 g/mol. The van der Waals surface area contributed by atoms with E-state index in [1.807, 2.05) is 31.2 Å². The molecular formula is C26H25Cl2N5O3. The number of aromatic nitrogens is 2. The summed E-state index contributed by atoms with van der Waals surface area (Å²) < 4.78 is 7.03. The Hall–Kier alpha value is -3.49. The third kappa shape index (κ3) is 4.42. The molecule has 0 radical (unpaired) electrons. The van der Waals surface area contributed by atoms with Crippen LogP contribution < -0.4 is 9.64 Å². The molecule has 1 fully saturated rings. The van der Waals surface area contributed by atoms with Gasteiger partial charge in [-0.3, -0.25) is 9.69 Å². The van der Waals surface area contributed by atoms with Gasteiger partial charge in [-0.15, -0.1) is 0 Å². The van der Waals surface area contributed by atoms with Gasteiger partial charge < -0.3 is 14.5 Å². The van der Waals surface area contributed by atoms with Gasteiger partial charge >= 0.3 is 6.03 Å². The molecule has 3 aromatic rings. The topological polar surface area (TPSA) is 70.9 Å². The molecule has 3 heterocycles. The van der Waals surface area contributed by atoms with E-state index in [4.69, 9.17) is 27.9 Å².